The normalized spacial score (nSPS) is 13.8. The number of unbranched alkanes of at least 4 members (excludes halogenated alkanes) is 5. The molecule has 0 saturated carbocycles. The van der Waals surface area contributed by atoms with E-state index in [1.165, 1.54) is 32.1 Å². The quantitative estimate of drug-likeness (QED) is 0.445. The smallest absolute Gasteiger partial charge is 0.264 e. The predicted molar refractivity (Wildman–Crippen MR) is 71.9 cm³/mol. The highest BCUT2D eigenvalue weighted by molar-refractivity contribution is 7.85. The molecule has 1 atom stereocenters. The van der Waals surface area contributed by atoms with Crippen molar-refractivity contribution in [1.29, 1.82) is 0 Å². The average Bonchev–Trinajstić information content (AvgIpc) is 2.24. The van der Waals surface area contributed by atoms with E-state index >= 15 is 0 Å². The van der Waals surface area contributed by atoms with E-state index in [9.17, 15) is 8.42 Å². The highest BCUT2D eigenvalue weighted by Crippen LogP contribution is 2.04. The second-order valence-electron chi connectivity index (χ2n) is 4.70. The van der Waals surface area contributed by atoms with Crippen molar-refractivity contribution in [2.75, 3.05) is 12.3 Å². The van der Waals surface area contributed by atoms with Gasteiger partial charge in [-0.3, -0.25) is 4.55 Å². The van der Waals surface area contributed by atoms with Gasteiger partial charge >= 0.3 is 0 Å². The molecule has 0 spiro atoms. The third-order valence-electron chi connectivity index (χ3n) is 2.83. The molecule has 4 nitrogen and oxygen atoms in total. The minimum Gasteiger partial charge on any atom is -0.314 e. The van der Waals surface area contributed by atoms with Crippen LogP contribution in [0, 0.1) is 0 Å². The van der Waals surface area contributed by atoms with E-state index < -0.39 is 10.1 Å². The van der Waals surface area contributed by atoms with Crippen LogP contribution in [0.5, 0.6) is 0 Å². The van der Waals surface area contributed by atoms with Crippen LogP contribution in [-0.4, -0.2) is 31.3 Å². The second-order valence-corrected chi connectivity index (χ2v) is 6.27. The van der Waals surface area contributed by atoms with Crippen LogP contribution in [0.2, 0.25) is 0 Å². The summed E-state index contributed by atoms with van der Waals surface area (Å²) in [5.41, 5.74) is 0. The van der Waals surface area contributed by atoms with Crippen LogP contribution in [-0.2, 0) is 10.1 Å². The number of rotatable bonds is 11. The molecule has 104 valence electrons. The molecule has 0 heterocycles. The Bertz CT molecular complexity index is 265. The van der Waals surface area contributed by atoms with Crippen molar-refractivity contribution in [2.45, 2.75) is 64.8 Å². The molecule has 0 aliphatic heterocycles. The van der Waals surface area contributed by atoms with Crippen molar-refractivity contribution in [1.82, 2.24) is 5.32 Å². The van der Waals surface area contributed by atoms with Gasteiger partial charge in [-0.25, -0.2) is 0 Å². The molecule has 5 heteroatoms. The standard InChI is InChI=1S/C12H27NO3S/c1-3-4-5-6-7-8-10-13-12(2)9-11-17(14,15)16/h12-13H,3-11H2,1-2H3,(H,14,15,16)/t12-/m0/s1. The fraction of sp³-hybridized carbons (Fsp3) is 1.00. The van der Waals surface area contributed by atoms with Crippen LogP contribution in [0.25, 0.3) is 0 Å². The Balaban J connectivity index is 3.30. The maximum Gasteiger partial charge on any atom is 0.264 e. The molecule has 0 bridgehead atoms. The van der Waals surface area contributed by atoms with E-state index in [0.29, 0.717) is 6.42 Å². The molecule has 0 aliphatic carbocycles. The molecule has 0 fully saturated rings. The first-order valence-corrected chi connectivity index (χ1v) is 8.25. The first-order chi connectivity index (χ1) is 7.95. The highest BCUT2D eigenvalue weighted by Gasteiger charge is 2.08. The highest BCUT2D eigenvalue weighted by atomic mass is 32.2. The topological polar surface area (TPSA) is 66.4 Å². The van der Waals surface area contributed by atoms with Gasteiger partial charge in [-0.05, 0) is 26.3 Å². The van der Waals surface area contributed by atoms with Crippen molar-refractivity contribution in [3.8, 4) is 0 Å². The summed E-state index contributed by atoms with van der Waals surface area (Å²) in [4.78, 5) is 0. The Morgan fingerprint density at radius 3 is 2.29 bits per heavy atom. The molecule has 0 radical (unpaired) electrons. The van der Waals surface area contributed by atoms with Crippen LogP contribution >= 0.6 is 0 Å². The largest absolute Gasteiger partial charge is 0.314 e. The summed E-state index contributed by atoms with van der Waals surface area (Å²) >= 11 is 0. The first kappa shape index (κ1) is 16.9. The molecule has 0 amide bonds. The molecule has 0 saturated heterocycles. The van der Waals surface area contributed by atoms with Crippen LogP contribution in [0.3, 0.4) is 0 Å². The Morgan fingerprint density at radius 2 is 1.71 bits per heavy atom. The molecular formula is C12H27NO3S. The maximum atomic E-state index is 10.5. The van der Waals surface area contributed by atoms with Crippen LogP contribution < -0.4 is 5.32 Å². The summed E-state index contributed by atoms with van der Waals surface area (Å²) in [6, 6.07) is 0.146. The van der Waals surface area contributed by atoms with Gasteiger partial charge < -0.3 is 5.32 Å². The summed E-state index contributed by atoms with van der Waals surface area (Å²) in [6.45, 7) is 5.08. The van der Waals surface area contributed by atoms with Gasteiger partial charge in [0, 0.05) is 6.04 Å². The Labute approximate surface area is 106 Å². The third-order valence-corrected chi connectivity index (χ3v) is 3.58. The van der Waals surface area contributed by atoms with Gasteiger partial charge in [0.15, 0.2) is 0 Å². The zero-order valence-corrected chi connectivity index (χ0v) is 11.9. The van der Waals surface area contributed by atoms with E-state index in [2.05, 4.69) is 12.2 Å². The van der Waals surface area contributed by atoms with Crippen molar-refractivity contribution >= 4 is 10.1 Å². The zero-order chi connectivity index (χ0) is 13.1. The summed E-state index contributed by atoms with van der Waals surface area (Å²) in [5, 5.41) is 3.27. The van der Waals surface area contributed by atoms with E-state index in [1.54, 1.807) is 0 Å². The van der Waals surface area contributed by atoms with Gasteiger partial charge in [0.25, 0.3) is 10.1 Å². The molecule has 0 unspecified atom stereocenters. The number of nitrogens with one attached hydrogen (secondary N) is 1. The van der Waals surface area contributed by atoms with Gasteiger partial charge in [-0.2, -0.15) is 8.42 Å². The molecule has 2 N–H and O–H groups in total. The Morgan fingerprint density at radius 1 is 1.12 bits per heavy atom. The van der Waals surface area contributed by atoms with E-state index in [-0.39, 0.29) is 11.8 Å². The lowest BCUT2D eigenvalue weighted by Crippen LogP contribution is -2.29. The van der Waals surface area contributed by atoms with Crippen LogP contribution in [0.15, 0.2) is 0 Å². The molecule has 17 heavy (non-hydrogen) atoms. The van der Waals surface area contributed by atoms with Crippen molar-refractivity contribution in [2.24, 2.45) is 0 Å². The lowest BCUT2D eigenvalue weighted by atomic mass is 10.1. The second kappa shape index (κ2) is 9.85. The van der Waals surface area contributed by atoms with Crippen LogP contribution in [0.4, 0.5) is 0 Å². The first-order valence-electron chi connectivity index (χ1n) is 6.64. The van der Waals surface area contributed by atoms with E-state index in [4.69, 9.17) is 4.55 Å². The fourth-order valence-corrected chi connectivity index (χ4v) is 2.33. The van der Waals surface area contributed by atoms with Gasteiger partial charge in [-0.15, -0.1) is 0 Å². The molecule has 0 rings (SSSR count). The summed E-state index contributed by atoms with van der Waals surface area (Å²) in [6.07, 6.45) is 8.03. The van der Waals surface area contributed by atoms with Gasteiger partial charge in [-0.1, -0.05) is 39.0 Å². The van der Waals surface area contributed by atoms with Gasteiger partial charge in [0.05, 0.1) is 5.75 Å². The third kappa shape index (κ3) is 13.8. The fourth-order valence-electron chi connectivity index (χ4n) is 1.68. The molecule has 0 aromatic rings. The van der Waals surface area contributed by atoms with Gasteiger partial charge in [0.2, 0.25) is 0 Å². The summed E-state index contributed by atoms with van der Waals surface area (Å²) < 4.78 is 29.7. The summed E-state index contributed by atoms with van der Waals surface area (Å²) in [7, 11) is -3.80. The van der Waals surface area contributed by atoms with E-state index in [1.807, 2.05) is 6.92 Å². The number of hydrogen-bond acceptors (Lipinski definition) is 3. The SMILES string of the molecule is CCCCCCCCN[C@@H](C)CCS(=O)(=O)O. The molecular weight excluding hydrogens is 238 g/mol. The lowest BCUT2D eigenvalue weighted by molar-refractivity contribution is 0.465. The molecule has 0 aromatic heterocycles. The monoisotopic (exact) mass is 265 g/mol. The van der Waals surface area contributed by atoms with Crippen molar-refractivity contribution < 1.29 is 13.0 Å². The van der Waals surface area contributed by atoms with Crippen molar-refractivity contribution in [3.05, 3.63) is 0 Å². The maximum absolute atomic E-state index is 10.5. The molecule has 0 aliphatic rings. The molecule has 0 aromatic carbocycles. The lowest BCUT2D eigenvalue weighted by Gasteiger charge is -2.12. The minimum absolute atomic E-state index is 0.146. The Kier molecular flexibility index (Phi) is 9.78. The zero-order valence-electron chi connectivity index (χ0n) is 11.1. The summed E-state index contributed by atoms with van der Waals surface area (Å²) in [5.74, 6) is -0.155. The van der Waals surface area contributed by atoms with Crippen molar-refractivity contribution in [3.63, 3.8) is 0 Å². The van der Waals surface area contributed by atoms with Gasteiger partial charge in [0.1, 0.15) is 0 Å². The van der Waals surface area contributed by atoms with Crippen LogP contribution in [0.1, 0.15) is 58.8 Å². The predicted octanol–water partition coefficient (Wildman–Crippen LogP) is 2.60. The minimum atomic E-state index is -3.80. The average molecular weight is 265 g/mol. The van der Waals surface area contributed by atoms with E-state index in [0.717, 1.165) is 13.0 Å². The number of hydrogen-bond donors (Lipinski definition) is 2. The Hall–Kier alpha value is -0.130.